The van der Waals surface area contributed by atoms with Gasteiger partial charge in [-0.25, -0.2) is 0 Å². The molecular weight excluding hydrogens is 416 g/mol. The van der Waals surface area contributed by atoms with Crippen LogP contribution in [0.3, 0.4) is 0 Å². The summed E-state index contributed by atoms with van der Waals surface area (Å²) in [5.41, 5.74) is 2.93. The maximum absolute atomic E-state index is 13.9. The van der Waals surface area contributed by atoms with E-state index in [9.17, 15) is 9.59 Å². The number of hydrogen-bond acceptors (Lipinski definition) is 4. The smallest absolute Gasteiger partial charge is 0.255 e. The number of nitrogens with zero attached hydrogens (tertiary/aromatic N) is 2. The normalized spacial score (nSPS) is 16.7. The molecule has 0 radical (unpaired) electrons. The number of anilines is 2. The van der Waals surface area contributed by atoms with Crippen LogP contribution in [0.2, 0.25) is 0 Å². The summed E-state index contributed by atoms with van der Waals surface area (Å²) in [6.07, 6.45) is 1.94. The van der Waals surface area contributed by atoms with Gasteiger partial charge >= 0.3 is 0 Å². The topological polar surface area (TPSA) is 59.1 Å². The highest BCUT2D eigenvalue weighted by Gasteiger charge is 2.42. The lowest BCUT2D eigenvalue weighted by molar-refractivity contribution is -0.127. The molecule has 6 heteroatoms. The van der Waals surface area contributed by atoms with Crippen LogP contribution >= 0.6 is 0 Å². The molecule has 3 aromatic rings. The second-order valence-electron chi connectivity index (χ2n) is 7.76. The van der Waals surface area contributed by atoms with Gasteiger partial charge in [0.1, 0.15) is 24.1 Å². The first-order valence-corrected chi connectivity index (χ1v) is 10.7. The van der Waals surface area contributed by atoms with Crippen molar-refractivity contribution in [3.8, 4) is 11.5 Å². The molecule has 0 N–H and O–H groups in total. The minimum atomic E-state index is -0.801. The lowest BCUT2D eigenvalue weighted by Crippen LogP contribution is -2.61. The summed E-state index contributed by atoms with van der Waals surface area (Å²) in [6, 6.07) is 23.3. The fourth-order valence-electron chi connectivity index (χ4n) is 4.07. The van der Waals surface area contributed by atoms with Crippen LogP contribution in [-0.4, -0.2) is 38.6 Å². The Kier molecular flexibility index (Phi) is 6.45. The summed E-state index contributed by atoms with van der Waals surface area (Å²) in [6.45, 7) is 1.80. The molecule has 33 heavy (non-hydrogen) atoms. The van der Waals surface area contributed by atoms with Crippen molar-refractivity contribution in [1.29, 1.82) is 0 Å². The first-order chi connectivity index (χ1) is 16.0. The predicted octanol–water partition coefficient (Wildman–Crippen LogP) is 4.56. The zero-order valence-corrected chi connectivity index (χ0v) is 18.9. The number of amides is 2. The van der Waals surface area contributed by atoms with E-state index in [1.807, 2.05) is 55.5 Å². The zero-order valence-electron chi connectivity index (χ0n) is 18.9. The van der Waals surface area contributed by atoms with E-state index in [0.717, 1.165) is 11.1 Å². The lowest BCUT2D eigenvalue weighted by atomic mass is 9.98. The maximum Gasteiger partial charge on any atom is 0.255 e. The van der Waals surface area contributed by atoms with Gasteiger partial charge in [0.2, 0.25) is 5.91 Å². The zero-order chi connectivity index (χ0) is 23.4. The third kappa shape index (κ3) is 4.46. The van der Waals surface area contributed by atoms with Crippen molar-refractivity contribution in [3.05, 3.63) is 90.0 Å². The summed E-state index contributed by atoms with van der Waals surface area (Å²) in [4.78, 5) is 30.4. The van der Waals surface area contributed by atoms with Gasteiger partial charge in [-0.1, -0.05) is 48.5 Å². The summed E-state index contributed by atoms with van der Waals surface area (Å²) in [5, 5.41) is 0. The molecule has 3 aromatic carbocycles. The lowest BCUT2D eigenvalue weighted by Gasteiger charge is -2.41. The molecule has 1 atom stereocenters. The summed E-state index contributed by atoms with van der Waals surface area (Å²) >= 11 is 0. The summed E-state index contributed by atoms with van der Waals surface area (Å²) < 4.78 is 10.7. The van der Waals surface area contributed by atoms with Gasteiger partial charge < -0.3 is 9.47 Å². The van der Waals surface area contributed by atoms with Gasteiger partial charge in [-0.05, 0) is 54.5 Å². The largest absolute Gasteiger partial charge is 0.497 e. The van der Waals surface area contributed by atoms with Gasteiger partial charge in [0.15, 0.2) is 0 Å². The van der Waals surface area contributed by atoms with E-state index in [4.69, 9.17) is 9.47 Å². The van der Waals surface area contributed by atoms with Gasteiger partial charge in [-0.2, -0.15) is 0 Å². The number of para-hydroxylation sites is 2. The van der Waals surface area contributed by atoms with Gasteiger partial charge in [0.05, 0.1) is 19.9 Å². The number of methoxy groups -OCH3 is 2. The maximum atomic E-state index is 13.9. The highest BCUT2D eigenvalue weighted by atomic mass is 16.5. The molecule has 6 nitrogen and oxygen atoms in total. The van der Waals surface area contributed by atoms with Crippen LogP contribution < -0.4 is 19.3 Å². The Morgan fingerprint density at radius 3 is 2.21 bits per heavy atom. The molecule has 0 unspecified atom stereocenters. The second kappa shape index (κ2) is 9.61. The fourth-order valence-corrected chi connectivity index (χ4v) is 4.07. The summed E-state index contributed by atoms with van der Waals surface area (Å²) in [5.74, 6) is 0.842. The van der Waals surface area contributed by atoms with Crippen LogP contribution in [0.5, 0.6) is 11.5 Å². The SMILES string of the molecule is COc1ccc(N2C(=O)CN(c3ccccc3OC)C(=O)[C@H]2C(C)=Cc2ccccc2)cc1. The molecule has 1 saturated heterocycles. The molecule has 1 heterocycles. The molecule has 0 aliphatic carbocycles. The average Bonchev–Trinajstić information content (AvgIpc) is 2.85. The van der Waals surface area contributed by atoms with E-state index in [1.165, 1.54) is 4.90 Å². The minimum Gasteiger partial charge on any atom is -0.497 e. The molecule has 1 aliphatic heterocycles. The van der Waals surface area contributed by atoms with Crippen molar-refractivity contribution in [2.45, 2.75) is 13.0 Å². The molecule has 0 aromatic heterocycles. The number of carbonyl (C=O) groups is 2. The number of piperazine rings is 1. The van der Waals surface area contributed by atoms with Crippen molar-refractivity contribution in [2.75, 3.05) is 30.6 Å². The van der Waals surface area contributed by atoms with Crippen molar-refractivity contribution in [2.24, 2.45) is 0 Å². The minimum absolute atomic E-state index is 0.0830. The Labute approximate surface area is 193 Å². The van der Waals surface area contributed by atoms with Crippen LogP contribution in [-0.2, 0) is 9.59 Å². The standard InChI is InChI=1S/C27H26N2O4/c1-19(17-20-9-5-4-6-10-20)26-27(31)28(23-11-7-8-12-24(23)33-3)18-25(30)29(26)21-13-15-22(32-2)16-14-21/h4-17,26H,18H2,1-3H3/t26-/m1/s1. The molecule has 168 valence electrons. The number of ether oxygens (including phenoxy) is 2. The van der Waals surface area contributed by atoms with Gasteiger partial charge in [0.25, 0.3) is 5.91 Å². The van der Waals surface area contributed by atoms with Crippen LogP contribution in [0, 0.1) is 0 Å². The molecule has 0 bridgehead atoms. The first kappa shape index (κ1) is 22.1. The van der Waals surface area contributed by atoms with Crippen molar-refractivity contribution in [3.63, 3.8) is 0 Å². The number of rotatable bonds is 6. The molecule has 0 saturated carbocycles. The number of benzene rings is 3. The Balaban J connectivity index is 1.80. The van der Waals surface area contributed by atoms with E-state index in [2.05, 4.69) is 0 Å². The Morgan fingerprint density at radius 2 is 1.55 bits per heavy atom. The van der Waals surface area contributed by atoms with E-state index >= 15 is 0 Å². The third-order valence-electron chi connectivity index (χ3n) is 5.67. The Bertz CT molecular complexity index is 1170. The Morgan fingerprint density at radius 1 is 0.879 bits per heavy atom. The van der Waals surface area contributed by atoms with Crippen LogP contribution in [0.1, 0.15) is 12.5 Å². The predicted molar refractivity (Wildman–Crippen MR) is 130 cm³/mol. The summed E-state index contributed by atoms with van der Waals surface area (Å²) in [7, 11) is 3.14. The van der Waals surface area contributed by atoms with E-state index in [0.29, 0.717) is 22.9 Å². The molecule has 2 amide bonds. The first-order valence-electron chi connectivity index (χ1n) is 10.7. The fraction of sp³-hybridized carbons (Fsp3) is 0.185. The highest BCUT2D eigenvalue weighted by molar-refractivity contribution is 6.16. The number of carbonyl (C=O) groups excluding carboxylic acids is 2. The molecule has 0 spiro atoms. The van der Waals surface area contributed by atoms with Gasteiger partial charge in [-0.15, -0.1) is 0 Å². The Hall–Kier alpha value is -4.06. The van der Waals surface area contributed by atoms with E-state index in [1.54, 1.807) is 55.5 Å². The quantitative estimate of drug-likeness (QED) is 0.562. The van der Waals surface area contributed by atoms with Gasteiger partial charge in [-0.3, -0.25) is 19.4 Å². The van der Waals surface area contributed by atoms with Crippen LogP contribution in [0.25, 0.3) is 6.08 Å². The van der Waals surface area contributed by atoms with E-state index in [-0.39, 0.29) is 18.4 Å². The monoisotopic (exact) mass is 442 g/mol. The van der Waals surface area contributed by atoms with E-state index < -0.39 is 6.04 Å². The van der Waals surface area contributed by atoms with Crippen LogP contribution in [0.4, 0.5) is 11.4 Å². The van der Waals surface area contributed by atoms with Crippen molar-refractivity contribution < 1.29 is 19.1 Å². The molecule has 1 aliphatic rings. The van der Waals surface area contributed by atoms with Crippen molar-refractivity contribution in [1.82, 2.24) is 0 Å². The molecule has 1 fully saturated rings. The number of hydrogen-bond donors (Lipinski definition) is 0. The molecular formula is C27H26N2O4. The highest BCUT2D eigenvalue weighted by Crippen LogP contribution is 2.34. The van der Waals surface area contributed by atoms with Crippen LogP contribution in [0.15, 0.2) is 84.4 Å². The van der Waals surface area contributed by atoms with Crippen molar-refractivity contribution >= 4 is 29.3 Å². The van der Waals surface area contributed by atoms with Gasteiger partial charge in [0, 0.05) is 5.69 Å². The third-order valence-corrected chi connectivity index (χ3v) is 5.67. The second-order valence-corrected chi connectivity index (χ2v) is 7.76. The average molecular weight is 443 g/mol. The molecule has 4 rings (SSSR count).